The van der Waals surface area contributed by atoms with Gasteiger partial charge in [0.2, 0.25) is 10.0 Å². The summed E-state index contributed by atoms with van der Waals surface area (Å²) < 4.78 is 28.8. The van der Waals surface area contributed by atoms with Crippen LogP contribution in [0, 0.1) is 11.8 Å². The number of sulfonamides is 1. The first-order valence-corrected chi connectivity index (χ1v) is 14.8. The van der Waals surface area contributed by atoms with Gasteiger partial charge in [0.1, 0.15) is 0 Å². The zero-order chi connectivity index (χ0) is 25.0. The lowest BCUT2D eigenvalue weighted by atomic mass is 9.90. The van der Waals surface area contributed by atoms with Crippen molar-refractivity contribution >= 4 is 10.0 Å². The van der Waals surface area contributed by atoms with Crippen molar-refractivity contribution in [2.24, 2.45) is 11.8 Å². The van der Waals surface area contributed by atoms with Gasteiger partial charge in [-0.15, -0.1) is 0 Å². The Kier molecular flexibility index (Phi) is 7.61. The minimum Gasteiger partial charge on any atom is -0.303 e. The van der Waals surface area contributed by atoms with Crippen molar-refractivity contribution in [3.05, 3.63) is 102 Å². The maximum absolute atomic E-state index is 13.6. The van der Waals surface area contributed by atoms with Gasteiger partial charge in [0.15, 0.2) is 0 Å². The van der Waals surface area contributed by atoms with Gasteiger partial charge >= 0.3 is 0 Å². The third-order valence-electron chi connectivity index (χ3n) is 8.42. The maximum Gasteiger partial charge on any atom is 0.243 e. The van der Waals surface area contributed by atoms with Crippen molar-refractivity contribution in [3.63, 3.8) is 0 Å². The van der Waals surface area contributed by atoms with Crippen molar-refractivity contribution in [1.29, 1.82) is 0 Å². The Morgan fingerprint density at radius 2 is 1.44 bits per heavy atom. The molecule has 0 aromatic heterocycles. The molecule has 5 heteroatoms. The first-order valence-electron chi connectivity index (χ1n) is 13.4. The number of benzene rings is 3. The molecule has 36 heavy (non-hydrogen) atoms. The van der Waals surface area contributed by atoms with E-state index < -0.39 is 15.6 Å². The monoisotopic (exact) mass is 502 g/mol. The van der Waals surface area contributed by atoms with E-state index in [1.165, 1.54) is 37.7 Å². The van der Waals surface area contributed by atoms with Gasteiger partial charge in [0.05, 0.1) is 10.4 Å². The van der Waals surface area contributed by atoms with Gasteiger partial charge in [0.25, 0.3) is 0 Å². The summed E-state index contributed by atoms with van der Waals surface area (Å²) in [7, 11) is -1.81. The molecule has 1 saturated heterocycles. The second-order valence-electron chi connectivity index (χ2n) is 10.6. The molecule has 0 spiro atoms. The minimum absolute atomic E-state index is 0.304. The highest BCUT2D eigenvalue weighted by molar-refractivity contribution is 7.89. The molecular formula is C31H38N2O2S. The molecule has 2 aliphatic rings. The van der Waals surface area contributed by atoms with Crippen molar-refractivity contribution in [2.75, 3.05) is 26.7 Å². The number of likely N-dealkylation sites (tertiary alicyclic amines) is 1. The molecule has 1 aliphatic carbocycles. The van der Waals surface area contributed by atoms with Crippen LogP contribution in [-0.4, -0.2) is 44.3 Å². The second kappa shape index (κ2) is 10.9. The molecule has 2 atom stereocenters. The Balaban J connectivity index is 1.21. The molecule has 0 radical (unpaired) electrons. The van der Waals surface area contributed by atoms with E-state index in [2.05, 4.69) is 47.4 Å². The standard InChI is InChI=1S/C31H38N2O2S/c1-32(36(34,35)30-18-9-4-10-19-30)31(28-16-7-3-8-17-28)24-29(31)25-33-22-20-27(21-23-33)15-11-14-26-12-5-2-6-13-26/h2-10,12-13,16-19,27,29H,11,14-15,20-25H2,1H3. The van der Waals surface area contributed by atoms with E-state index in [4.69, 9.17) is 0 Å². The van der Waals surface area contributed by atoms with Crippen LogP contribution in [-0.2, 0) is 22.0 Å². The van der Waals surface area contributed by atoms with Crippen LogP contribution in [0.3, 0.4) is 0 Å². The normalized spacial score (nSPS) is 23.1. The summed E-state index contributed by atoms with van der Waals surface area (Å²) in [5.74, 6) is 1.11. The molecular weight excluding hydrogens is 464 g/mol. The Morgan fingerprint density at radius 1 is 0.861 bits per heavy atom. The quantitative estimate of drug-likeness (QED) is 0.344. The van der Waals surface area contributed by atoms with Crippen LogP contribution >= 0.6 is 0 Å². The summed E-state index contributed by atoms with van der Waals surface area (Å²) >= 11 is 0. The predicted octanol–water partition coefficient (Wildman–Crippen LogP) is 5.96. The molecule has 3 aromatic carbocycles. The van der Waals surface area contributed by atoms with E-state index in [1.807, 2.05) is 24.3 Å². The number of nitrogens with zero attached hydrogens (tertiary/aromatic N) is 2. The zero-order valence-corrected chi connectivity index (χ0v) is 22.1. The van der Waals surface area contributed by atoms with Gasteiger partial charge in [-0.1, -0.05) is 85.3 Å². The number of hydrogen-bond acceptors (Lipinski definition) is 3. The third-order valence-corrected chi connectivity index (χ3v) is 10.3. The number of piperidine rings is 1. The van der Waals surface area contributed by atoms with Crippen molar-refractivity contribution < 1.29 is 8.42 Å². The molecule has 0 bridgehead atoms. The van der Waals surface area contributed by atoms with Crippen LogP contribution in [0.2, 0.25) is 0 Å². The van der Waals surface area contributed by atoms with Crippen LogP contribution in [0.15, 0.2) is 95.9 Å². The van der Waals surface area contributed by atoms with Crippen molar-refractivity contribution in [1.82, 2.24) is 9.21 Å². The van der Waals surface area contributed by atoms with Gasteiger partial charge in [0, 0.05) is 13.6 Å². The Bertz CT molecular complexity index is 1210. The van der Waals surface area contributed by atoms with E-state index in [1.54, 1.807) is 35.6 Å². The molecule has 0 N–H and O–H groups in total. The number of hydrogen-bond donors (Lipinski definition) is 0. The lowest BCUT2D eigenvalue weighted by molar-refractivity contribution is 0.161. The Labute approximate surface area is 217 Å². The lowest BCUT2D eigenvalue weighted by Gasteiger charge is -2.34. The van der Waals surface area contributed by atoms with Crippen LogP contribution in [0.25, 0.3) is 0 Å². The van der Waals surface area contributed by atoms with Gasteiger partial charge in [-0.05, 0) is 80.3 Å². The molecule has 5 rings (SSSR count). The third kappa shape index (κ3) is 5.29. The molecule has 1 saturated carbocycles. The van der Waals surface area contributed by atoms with Crippen LogP contribution in [0.4, 0.5) is 0 Å². The first-order chi connectivity index (χ1) is 17.5. The molecule has 2 fully saturated rings. The summed E-state index contributed by atoms with van der Waals surface area (Å²) in [5.41, 5.74) is 2.07. The average Bonchev–Trinajstić information content (AvgIpc) is 3.65. The first kappa shape index (κ1) is 25.2. The molecule has 2 unspecified atom stereocenters. The van der Waals surface area contributed by atoms with Crippen LogP contribution in [0.1, 0.15) is 43.2 Å². The Hall–Kier alpha value is -2.47. The maximum atomic E-state index is 13.6. The molecule has 3 aromatic rings. The highest BCUT2D eigenvalue weighted by Gasteiger charge is 2.61. The number of rotatable bonds is 10. The molecule has 1 heterocycles. The van der Waals surface area contributed by atoms with E-state index in [0.29, 0.717) is 10.8 Å². The highest BCUT2D eigenvalue weighted by Crippen LogP contribution is 2.58. The Morgan fingerprint density at radius 3 is 2.08 bits per heavy atom. The largest absolute Gasteiger partial charge is 0.303 e. The SMILES string of the molecule is CN(C1(c2ccccc2)CC1CN1CCC(CCCc2ccccc2)CC1)S(=O)(=O)c1ccccc1. The predicted molar refractivity (Wildman–Crippen MR) is 146 cm³/mol. The minimum atomic E-state index is -3.58. The number of aryl methyl sites for hydroxylation is 1. The smallest absolute Gasteiger partial charge is 0.243 e. The summed E-state index contributed by atoms with van der Waals surface area (Å²) in [6.07, 6.45) is 7.10. The van der Waals surface area contributed by atoms with Crippen LogP contribution in [0.5, 0.6) is 0 Å². The molecule has 0 amide bonds. The summed E-state index contributed by atoms with van der Waals surface area (Å²) in [4.78, 5) is 2.94. The fraction of sp³-hybridized carbons (Fsp3) is 0.419. The van der Waals surface area contributed by atoms with Crippen molar-refractivity contribution in [2.45, 2.75) is 49.0 Å². The van der Waals surface area contributed by atoms with E-state index >= 15 is 0 Å². The summed E-state index contributed by atoms with van der Waals surface area (Å²) in [6.45, 7) is 3.19. The fourth-order valence-corrected chi connectivity index (χ4v) is 7.73. The van der Waals surface area contributed by atoms with Gasteiger partial charge in [-0.2, -0.15) is 4.31 Å². The van der Waals surface area contributed by atoms with E-state index in [-0.39, 0.29) is 0 Å². The summed E-state index contributed by atoms with van der Waals surface area (Å²) in [6, 6.07) is 29.9. The van der Waals surface area contributed by atoms with Gasteiger partial charge in [-0.25, -0.2) is 8.42 Å². The second-order valence-corrected chi connectivity index (χ2v) is 12.6. The molecule has 1 aliphatic heterocycles. The van der Waals surface area contributed by atoms with E-state index in [9.17, 15) is 8.42 Å². The van der Waals surface area contributed by atoms with Crippen molar-refractivity contribution in [3.8, 4) is 0 Å². The van der Waals surface area contributed by atoms with E-state index in [0.717, 1.165) is 37.5 Å². The molecule has 190 valence electrons. The van der Waals surface area contributed by atoms with Gasteiger partial charge in [-0.3, -0.25) is 0 Å². The lowest BCUT2D eigenvalue weighted by Crippen LogP contribution is -2.42. The molecule has 4 nitrogen and oxygen atoms in total. The topological polar surface area (TPSA) is 40.6 Å². The van der Waals surface area contributed by atoms with Gasteiger partial charge < -0.3 is 4.90 Å². The fourth-order valence-electron chi connectivity index (χ4n) is 6.15. The average molecular weight is 503 g/mol. The van der Waals surface area contributed by atoms with Crippen LogP contribution < -0.4 is 0 Å². The zero-order valence-electron chi connectivity index (χ0n) is 21.3. The summed E-state index contributed by atoms with van der Waals surface area (Å²) in [5, 5.41) is 0. The highest BCUT2D eigenvalue weighted by atomic mass is 32.2.